The highest BCUT2D eigenvalue weighted by Crippen LogP contribution is 2.29. The molecule has 0 radical (unpaired) electrons. The molecule has 108 valence electrons. The summed E-state index contributed by atoms with van der Waals surface area (Å²) in [4.78, 5) is 24.6. The van der Waals surface area contributed by atoms with E-state index in [1.165, 1.54) is 11.8 Å². The lowest BCUT2D eigenvalue weighted by Crippen LogP contribution is -2.38. The Morgan fingerprint density at radius 3 is 2.30 bits per heavy atom. The van der Waals surface area contributed by atoms with Gasteiger partial charge in [-0.3, -0.25) is 9.59 Å². The minimum Gasteiger partial charge on any atom is -0.481 e. The second-order valence-corrected chi connectivity index (χ2v) is 5.09. The first-order valence-electron chi connectivity index (χ1n) is 6.38. The molecule has 0 saturated heterocycles. The highest BCUT2D eigenvalue weighted by molar-refractivity contribution is 5.95. The SMILES string of the molecule is CC(CN(C(=O)c1cc(F)cc(F)c1)C1CC1)C(=O)O. The minimum atomic E-state index is -1.01. The lowest BCUT2D eigenvalue weighted by molar-refractivity contribution is -0.141. The van der Waals surface area contributed by atoms with E-state index in [2.05, 4.69) is 0 Å². The van der Waals surface area contributed by atoms with Gasteiger partial charge in [-0.1, -0.05) is 6.92 Å². The zero-order chi connectivity index (χ0) is 14.9. The summed E-state index contributed by atoms with van der Waals surface area (Å²) < 4.78 is 26.3. The Morgan fingerprint density at radius 1 is 1.30 bits per heavy atom. The van der Waals surface area contributed by atoms with Gasteiger partial charge in [-0.15, -0.1) is 0 Å². The Bertz CT molecular complexity index is 523. The number of aliphatic carboxylic acids is 1. The third kappa shape index (κ3) is 3.31. The summed E-state index contributed by atoms with van der Waals surface area (Å²) in [5, 5.41) is 8.92. The van der Waals surface area contributed by atoms with Crippen LogP contribution in [0.15, 0.2) is 18.2 Å². The van der Waals surface area contributed by atoms with Gasteiger partial charge in [0.05, 0.1) is 5.92 Å². The van der Waals surface area contributed by atoms with Crippen LogP contribution in [0, 0.1) is 17.6 Å². The summed E-state index contributed by atoms with van der Waals surface area (Å²) in [6.45, 7) is 1.54. The number of carbonyl (C=O) groups is 2. The van der Waals surface area contributed by atoms with Crippen molar-refractivity contribution in [1.82, 2.24) is 4.90 Å². The van der Waals surface area contributed by atoms with Crippen molar-refractivity contribution in [3.8, 4) is 0 Å². The Labute approximate surface area is 115 Å². The molecule has 0 spiro atoms. The van der Waals surface area contributed by atoms with Crippen LogP contribution in [0.2, 0.25) is 0 Å². The lowest BCUT2D eigenvalue weighted by atomic mass is 10.1. The molecule has 1 aromatic rings. The maximum absolute atomic E-state index is 13.2. The Hall–Kier alpha value is -1.98. The van der Waals surface area contributed by atoms with E-state index in [0.717, 1.165) is 25.0 Å². The first kappa shape index (κ1) is 14.4. The summed E-state index contributed by atoms with van der Waals surface area (Å²) in [7, 11) is 0. The number of rotatable bonds is 5. The van der Waals surface area contributed by atoms with Crippen molar-refractivity contribution in [2.75, 3.05) is 6.54 Å². The average Bonchev–Trinajstić information content (AvgIpc) is 3.17. The predicted molar refractivity (Wildman–Crippen MR) is 67.2 cm³/mol. The summed E-state index contributed by atoms with van der Waals surface area (Å²) in [5.74, 6) is -3.91. The largest absolute Gasteiger partial charge is 0.481 e. The normalized spacial score (nSPS) is 15.8. The average molecular weight is 283 g/mol. The zero-order valence-corrected chi connectivity index (χ0v) is 11.0. The Balaban J connectivity index is 2.20. The number of carbonyl (C=O) groups excluding carboxylic acids is 1. The number of halogens is 2. The van der Waals surface area contributed by atoms with Gasteiger partial charge in [0.1, 0.15) is 11.6 Å². The van der Waals surface area contributed by atoms with Crippen LogP contribution >= 0.6 is 0 Å². The third-order valence-electron chi connectivity index (χ3n) is 3.25. The molecule has 1 aromatic carbocycles. The van der Waals surface area contributed by atoms with E-state index in [-0.39, 0.29) is 18.2 Å². The molecule has 1 atom stereocenters. The smallest absolute Gasteiger partial charge is 0.308 e. The zero-order valence-electron chi connectivity index (χ0n) is 11.0. The van der Waals surface area contributed by atoms with Crippen molar-refractivity contribution in [3.05, 3.63) is 35.4 Å². The highest BCUT2D eigenvalue weighted by Gasteiger charge is 2.35. The van der Waals surface area contributed by atoms with Crippen LogP contribution in [0.4, 0.5) is 8.78 Å². The van der Waals surface area contributed by atoms with Crippen molar-refractivity contribution >= 4 is 11.9 Å². The highest BCUT2D eigenvalue weighted by atomic mass is 19.1. The van der Waals surface area contributed by atoms with Crippen LogP contribution < -0.4 is 0 Å². The summed E-state index contributed by atoms with van der Waals surface area (Å²) in [6, 6.07) is 2.59. The fourth-order valence-electron chi connectivity index (χ4n) is 2.00. The van der Waals surface area contributed by atoms with E-state index in [1.807, 2.05) is 0 Å². The van der Waals surface area contributed by atoms with Gasteiger partial charge < -0.3 is 10.0 Å². The topological polar surface area (TPSA) is 57.6 Å². The van der Waals surface area contributed by atoms with E-state index in [4.69, 9.17) is 5.11 Å². The number of carboxylic acids is 1. The second kappa shape index (κ2) is 5.56. The van der Waals surface area contributed by atoms with Crippen LogP contribution in [0.1, 0.15) is 30.1 Å². The molecule has 1 aliphatic carbocycles. The lowest BCUT2D eigenvalue weighted by Gasteiger charge is -2.24. The Kier molecular flexibility index (Phi) is 4.01. The van der Waals surface area contributed by atoms with Gasteiger partial charge in [0.15, 0.2) is 0 Å². The number of hydrogen-bond donors (Lipinski definition) is 1. The molecule has 0 aromatic heterocycles. The van der Waals surface area contributed by atoms with Gasteiger partial charge in [-0.25, -0.2) is 8.78 Å². The van der Waals surface area contributed by atoms with Crippen molar-refractivity contribution < 1.29 is 23.5 Å². The maximum atomic E-state index is 13.2. The van der Waals surface area contributed by atoms with E-state index < -0.39 is 29.4 Å². The monoisotopic (exact) mass is 283 g/mol. The van der Waals surface area contributed by atoms with Crippen molar-refractivity contribution in [3.63, 3.8) is 0 Å². The molecule has 1 saturated carbocycles. The molecule has 6 heteroatoms. The molecule has 1 aliphatic rings. The van der Waals surface area contributed by atoms with Crippen LogP contribution in [0.3, 0.4) is 0 Å². The molecule has 0 aliphatic heterocycles. The molecular formula is C14H15F2NO3. The molecule has 0 heterocycles. The minimum absolute atomic E-state index is 0.0318. The van der Waals surface area contributed by atoms with Gasteiger partial charge in [0, 0.05) is 24.2 Å². The summed E-state index contributed by atoms with van der Waals surface area (Å²) >= 11 is 0. The van der Waals surface area contributed by atoms with Crippen molar-refractivity contribution in [2.45, 2.75) is 25.8 Å². The number of carboxylic acid groups (broad SMARTS) is 1. The van der Waals surface area contributed by atoms with Gasteiger partial charge in [-0.05, 0) is 25.0 Å². The summed E-state index contributed by atoms with van der Waals surface area (Å²) in [5.41, 5.74) is -0.0908. The molecule has 0 bridgehead atoms. The first-order chi connectivity index (χ1) is 9.38. The van der Waals surface area contributed by atoms with Gasteiger partial charge in [0.25, 0.3) is 5.91 Å². The quantitative estimate of drug-likeness (QED) is 0.902. The number of nitrogens with zero attached hydrogens (tertiary/aromatic N) is 1. The van der Waals surface area contributed by atoms with Gasteiger partial charge in [-0.2, -0.15) is 0 Å². The molecule has 4 nitrogen and oxygen atoms in total. The van der Waals surface area contributed by atoms with Gasteiger partial charge in [0.2, 0.25) is 0 Å². The van der Waals surface area contributed by atoms with E-state index >= 15 is 0 Å². The Morgan fingerprint density at radius 2 is 1.85 bits per heavy atom. The molecule has 2 rings (SSSR count). The fourth-order valence-corrected chi connectivity index (χ4v) is 2.00. The van der Waals surface area contributed by atoms with E-state index in [9.17, 15) is 18.4 Å². The van der Waals surface area contributed by atoms with E-state index in [0.29, 0.717) is 6.07 Å². The molecule has 1 fully saturated rings. The third-order valence-corrected chi connectivity index (χ3v) is 3.25. The molecular weight excluding hydrogens is 268 g/mol. The number of amides is 1. The van der Waals surface area contributed by atoms with Crippen LogP contribution in [-0.2, 0) is 4.79 Å². The van der Waals surface area contributed by atoms with Crippen LogP contribution in [0.25, 0.3) is 0 Å². The fraction of sp³-hybridized carbons (Fsp3) is 0.429. The number of benzene rings is 1. The second-order valence-electron chi connectivity index (χ2n) is 5.09. The van der Waals surface area contributed by atoms with Crippen molar-refractivity contribution in [2.24, 2.45) is 5.92 Å². The first-order valence-corrected chi connectivity index (χ1v) is 6.38. The van der Waals surface area contributed by atoms with Crippen LogP contribution in [-0.4, -0.2) is 34.5 Å². The van der Waals surface area contributed by atoms with E-state index in [1.54, 1.807) is 0 Å². The van der Waals surface area contributed by atoms with Crippen molar-refractivity contribution in [1.29, 1.82) is 0 Å². The standard InChI is InChI=1S/C14H15F2NO3/c1-8(14(19)20)7-17(12-2-3-12)13(18)9-4-10(15)6-11(16)5-9/h4-6,8,12H,2-3,7H2,1H3,(H,19,20). The van der Waals surface area contributed by atoms with Crippen LogP contribution in [0.5, 0.6) is 0 Å². The maximum Gasteiger partial charge on any atom is 0.308 e. The molecule has 20 heavy (non-hydrogen) atoms. The molecule has 1 amide bonds. The number of hydrogen-bond acceptors (Lipinski definition) is 2. The summed E-state index contributed by atoms with van der Waals surface area (Å²) in [6.07, 6.45) is 1.58. The predicted octanol–water partition coefficient (Wildman–Crippen LogP) is 2.29. The molecule has 1 unspecified atom stereocenters. The molecule has 1 N–H and O–H groups in total. The van der Waals surface area contributed by atoms with Gasteiger partial charge >= 0.3 is 5.97 Å².